The fraction of sp³-hybridized carbons (Fsp3) is 0.548. The molecule has 0 saturated carbocycles. The van der Waals surface area contributed by atoms with E-state index in [2.05, 4.69) is 51.5 Å². The number of benzene rings is 7. The summed E-state index contributed by atoms with van der Waals surface area (Å²) < 4.78 is 55.2. The van der Waals surface area contributed by atoms with Gasteiger partial charge in [0, 0.05) is 18.2 Å². The summed E-state index contributed by atoms with van der Waals surface area (Å²) in [5.74, 6) is 7.35. The van der Waals surface area contributed by atoms with Crippen molar-refractivity contribution in [2.24, 2.45) is 30.7 Å². The number of ether oxygens (including phenoxy) is 9. The number of unbranched alkanes of at least 4 members (excludes halogenated alkanes) is 33. The Morgan fingerprint density at radius 1 is 0.148 bits per heavy atom. The van der Waals surface area contributed by atoms with Crippen molar-refractivity contribution in [1.29, 1.82) is 0 Å². The summed E-state index contributed by atoms with van der Waals surface area (Å²) in [5, 5.41) is 26.6. The maximum absolute atomic E-state index is 6.35. The molecule has 7 aromatic carbocycles. The highest BCUT2D eigenvalue weighted by Gasteiger charge is 2.09. The second-order valence-electron chi connectivity index (χ2n) is 28.6. The van der Waals surface area contributed by atoms with Gasteiger partial charge in [-0.3, -0.25) is 0 Å². The van der Waals surface area contributed by atoms with E-state index in [1.807, 2.05) is 164 Å². The van der Waals surface area contributed by atoms with Gasteiger partial charge in [0.05, 0.1) is 93.6 Å². The molecule has 0 aliphatic carbocycles. The fourth-order valence-electron chi connectivity index (χ4n) is 12.4. The summed E-state index contributed by atoms with van der Waals surface area (Å²) in [7, 11) is 0. The largest absolute Gasteiger partial charge is 0.494 e. The minimum atomic E-state index is 0.599. The number of rotatable bonds is 66. The number of azo groups is 3. The number of hydrogen-bond donors (Lipinski definition) is 0. The van der Waals surface area contributed by atoms with E-state index in [9.17, 15) is 0 Å². The molecule has 588 valence electrons. The van der Waals surface area contributed by atoms with Crippen LogP contribution in [0, 0.1) is 0 Å². The second-order valence-corrected chi connectivity index (χ2v) is 28.6. The molecule has 0 saturated heterocycles. The highest BCUT2D eigenvalue weighted by atomic mass is 16.5. The molecule has 15 nitrogen and oxygen atoms in total. The lowest BCUT2D eigenvalue weighted by atomic mass is 10.1. The van der Waals surface area contributed by atoms with Crippen LogP contribution in [0.1, 0.15) is 271 Å². The van der Waals surface area contributed by atoms with Gasteiger partial charge < -0.3 is 42.6 Å². The summed E-state index contributed by atoms with van der Waals surface area (Å²) in [4.78, 5) is 0. The second kappa shape index (κ2) is 58.5. The van der Waals surface area contributed by atoms with E-state index in [0.717, 1.165) is 202 Å². The van der Waals surface area contributed by atoms with E-state index in [0.29, 0.717) is 39.6 Å². The predicted molar refractivity (Wildman–Crippen MR) is 444 cm³/mol. The quantitative estimate of drug-likeness (QED) is 0.0267. The Balaban J connectivity index is 0.756. The zero-order valence-electron chi connectivity index (χ0n) is 66.4. The summed E-state index contributed by atoms with van der Waals surface area (Å²) in [6.45, 7) is 12.8. The summed E-state index contributed by atoms with van der Waals surface area (Å²) in [5.41, 5.74) is 4.69. The lowest BCUT2D eigenvalue weighted by Gasteiger charge is -2.14. The summed E-state index contributed by atoms with van der Waals surface area (Å²) >= 11 is 0. The normalized spacial score (nSPS) is 11.5. The van der Waals surface area contributed by atoms with Gasteiger partial charge in [0.1, 0.15) is 51.7 Å². The van der Waals surface area contributed by atoms with Crippen LogP contribution in [0.3, 0.4) is 0 Å². The Hall–Kier alpha value is -8.46. The molecule has 7 rings (SSSR count). The van der Waals surface area contributed by atoms with Crippen LogP contribution < -0.4 is 42.6 Å². The van der Waals surface area contributed by atoms with E-state index in [1.54, 1.807) is 0 Å². The molecule has 0 amide bonds. The van der Waals surface area contributed by atoms with Gasteiger partial charge in [-0.2, -0.15) is 30.7 Å². The Labute approximate surface area is 650 Å². The van der Waals surface area contributed by atoms with Crippen molar-refractivity contribution >= 4 is 34.1 Å². The third kappa shape index (κ3) is 41.8. The van der Waals surface area contributed by atoms with Crippen LogP contribution in [-0.4, -0.2) is 59.5 Å². The van der Waals surface area contributed by atoms with Gasteiger partial charge in [-0.1, -0.05) is 175 Å². The molecule has 0 heterocycles. The van der Waals surface area contributed by atoms with Gasteiger partial charge in [-0.05, 0) is 242 Å². The molecule has 0 spiro atoms. The molecule has 0 N–H and O–H groups in total. The zero-order valence-corrected chi connectivity index (χ0v) is 66.4. The first kappa shape index (κ1) is 86.8. The van der Waals surface area contributed by atoms with Crippen molar-refractivity contribution in [3.63, 3.8) is 0 Å². The maximum atomic E-state index is 6.35. The van der Waals surface area contributed by atoms with Gasteiger partial charge in [0.2, 0.25) is 0 Å². The van der Waals surface area contributed by atoms with Crippen LogP contribution in [-0.2, 0) is 0 Å². The summed E-state index contributed by atoms with van der Waals surface area (Å²) in [6.07, 6.45) is 47.0. The molecule has 7 aromatic rings. The molecule has 0 radical (unpaired) electrons. The van der Waals surface area contributed by atoms with E-state index in [4.69, 9.17) is 42.6 Å². The van der Waals surface area contributed by atoms with Gasteiger partial charge in [0.15, 0.2) is 0 Å². The molecule has 0 unspecified atom stereocenters. The van der Waals surface area contributed by atoms with Crippen molar-refractivity contribution in [2.45, 2.75) is 271 Å². The van der Waals surface area contributed by atoms with Crippen LogP contribution in [0.5, 0.6) is 51.7 Å². The lowest BCUT2D eigenvalue weighted by molar-refractivity contribution is 0.269. The molecule has 0 aliphatic heterocycles. The molecule has 0 bridgehead atoms. The van der Waals surface area contributed by atoms with Crippen molar-refractivity contribution in [1.82, 2.24) is 0 Å². The average molecular weight is 1480 g/mol. The molecule has 0 fully saturated rings. The van der Waals surface area contributed by atoms with Crippen molar-refractivity contribution < 1.29 is 42.6 Å². The van der Waals surface area contributed by atoms with Crippen LogP contribution in [0.2, 0.25) is 0 Å². The van der Waals surface area contributed by atoms with Gasteiger partial charge >= 0.3 is 0 Å². The number of hydrogen-bond acceptors (Lipinski definition) is 15. The van der Waals surface area contributed by atoms with E-state index in [1.165, 1.54) is 154 Å². The third-order valence-corrected chi connectivity index (χ3v) is 19.0. The monoisotopic (exact) mass is 1480 g/mol. The van der Waals surface area contributed by atoms with Crippen LogP contribution in [0.25, 0.3) is 0 Å². The molecule has 0 aliphatic rings. The van der Waals surface area contributed by atoms with Crippen molar-refractivity contribution in [3.8, 4) is 51.7 Å². The van der Waals surface area contributed by atoms with Crippen LogP contribution in [0.4, 0.5) is 34.1 Å². The highest BCUT2D eigenvalue weighted by Crippen LogP contribution is 2.31. The maximum Gasteiger partial charge on any atom is 0.126 e. The van der Waals surface area contributed by atoms with Gasteiger partial charge in [0.25, 0.3) is 0 Å². The Morgan fingerprint density at radius 3 is 0.407 bits per heavy atom. The van der Waals surface area contributed by atoms with Crippen molar-refractivity contribution in [3.05, 3.63) is 164 Å². The SMILES string of the molecule is CCCCCCCCCCCOc1ccc(N=Nc2ccc(OCCCCCCOc3cc(OCCCCCCOc4ccc(N=Nc5ccc(OCCCCCCCCCCC)cc5)cc4)cc(OCCCCCCOc4ccc(N=Nc5ccc(OCCCCCCCCCCC)cc5)cc4)c3)cc2)cc1. The van der Waals surface area contributed by atoms with Crippen LogP contribution >= 0.6 is 0 Å². The van der Waals surface area contributed by atoms with E-state index < -0.39 is 0 Å². The standard InChI is InChI=1S/C93H132N6O9/c1-4-7-10-13-16-19-22-25-34-67-100-85-55-43-79(44-56-85)94-97-82-49-61-88(62-50-82)103-70-37-28-31-40-73-106-91-76-92(107-74-41-32-29-38-71-104-89-63-51-83(52-64-89)98-95-80-45-57-86(58-46-80)101-68-35-26-23-20-17-14-11-8-5-2)78-93(77-91)108-75-42-33-30-39-72-105-90-65-53-84(54-66-90)99-96-81-47-59-87(60-48-81)102-69-36-27-24-21-18-15-12-9-6-3/h43-66,76-78H,4-42,67-75H2,1-3H3. The van der Waals surface area contributed by atoms with Crippen molar-refractivity contribution in [2.75, 3.05) is 59.5 Å². The smallest absolute Gasteiger partial charge is 0.126 e. The Kier molecular flexibility index (Phi) is 47.0. The topological polar surface area (TPSA) is 157 Å². The van der Waals surface area contributed by atoms with Gasteiger partial charge in [-0.25, -0.2) is 0 Å². The molecule has 15 heteroatoms. The first-order valence-corrected chi connectivity index (χ1v) is 42.2. The molecular formula is C93H132N6O9. The molecule has 0 aromatic heterocycles. The zero-order chi connectivity index (χ0) is 75.3. The predicted octanol–water partition coefficient (Wildman–Crippen LogP) is 29.7. The fourth-order valence-corrected chi connectivity index (χ4v) is 12.4. The lowest BCUT2D eigenvalue weighted by Crippen LogP contribution is -2.03. The van der Waals surface area contributed by atoms with Gasteiger partial charge in [-0.15, -0.1) is 0 Å². The highest BCUT2D eigenvalue weighted by molar-refractivity contribution is 5.47. The Morgan fingerprint density at radius 2 is 0.269 bits per heavy atom. The molecule has 108 heavy (non-hydrogen) atoms. The molecular weight excluding hydrogens is 1350 g/mol. The van der Waals surface area contributed by atoms with E-state index in [-0.39, 0.29) is 0 Å². The number of nitrogens with zero attached hydrogens (tertiary/aromatic N) is 6. The first-order chi connectivity index (χ1) is 53.5. The minimum absolute atomic E-state index is 0.599. The minimum Gasteiger partial charge on any atom is -0.494 e. The van der Waals surface area contributed by atoms with Crippen LogP contribution in [0.15, 0.2) is 194 Å². The first-order valence-electron chi connectivity index (χ1n) is 42.2. The Bertz CT molecular complexity index is 3030. The molecule has 0 atom stereocenters. The van der Waals surface area contributed by atoms with E-state index >= 15 is 0 Å². The summed E-state index contributed by atoms with van der Waals surface area (Å²) in [6, 6.07) is 52.8. The third-order valence-electron chi connectivity index (χ3n) is 19.0. The average Bonchev–Trinajstić information content (AvgIpc) is 0.892.